The summed E-state index contributed by atoms with van der Waals surface area (Å²) in [4.78, 5) is 12.9. The molecule has 1 amide bonds. The first-order valence-electron chi connectivity index (χ1n) is 8.08. The van der Waals surface area contributed by atoms with E-state index in [1.807, 2.05) is 30.3 Å². The van der Waals surface area contributed by atoms with Crippen molar-refractivity contribution in [2.24, 2.45) is 5.14 Å². The molecule has 0 radical (unpaired) electrons. The summed E-state index contributed by atoms with van der Waals surface area (Å²) < 4.78 is 28.3. The van der Waals surface area contributed by atoms with Gasteiger partial charge >= 0.3 is 0 Å². The minimum absolute atomic E-state index is 0.0756. The molecule has 0 saturated heterocycles. The summed E-state index contributed by atoms with van der Waals surface area (Å²) in [6.45, 7) is 0.683. The van der Waals surface area contributed by atoms with Crippen LogP contribution in [-0.2, 0) is 23.2 Å². The Morgan fingerprint density at radius 2 is 1.70 bits per heavy atom. The van der Waals surface area contributed by atoms with E-state index in [0.717, 1.165) is 16.9 Å². The fraction of sp³-hybridized carbons (Fsp3) is 0.105. The van der Waals surface area contributed by atoms with Crippen molar-refractivity contribution >= 4 is 27.3 Å². The molecule has 3 rings (SSSR count). The van der Waals surface area contributed by atoms with Crippen molar-refractivity contribution in [1.82, 2.24) is 5.32 Å². The van der Waals surface area contributed by atoms with Crippen LogP contribution in [0.4, 0.5) is 0 Å². The molecule has 0 aliphatic heterocycles. The lowest BCUT2D eigenvalue weighted by molar-refractivity contribution is 0.0951. The predicted molar refractivity (Wildman–Crippen MR) is 104 cm³/mol. The molecule has 27 heavy (non-hydrogen) atoms. The van der Waals surface area contributed by atoms with E-state index < -0.39 is 10.0 Å². The highest BCUT2D eigenvalue weighted by Gasteiger charge is 2.12. The Morgan fingerprint density at radius 1 is 1.00 bits per heavy atom. The second-order valence-corrected chi connectivity index (χ2v) is 8.70. The highest BCUT2D eigenvalue weighted by molar-refractivity contribution is 7.91. The first-order chi connectivity index (χ1) is 12.9. The maximum absolute atomic E-state index is 12.2. The van der Waals surface area contributed by atoms with Crippen molar-refractivity contribution in [2.45, 2.75) is 17.4 Å². The van der Waals surface area contributed by atoms with Gasteiger partial charge in [0.25, 0.3) is 5.91 Å². The molecule has 0 aliphatic rings. The average Bonchev–Trinajstić information content (AvgIpc) is 3.15. The van der Waals surface area contributed by atoms with Crippen molar-refractivity contribution in [3.8, 4) is 5.75 Å². The summed E-state index contributed by atoms with van der Waals surface area (Å²) in [7, 11) is -3.71. The van der Waals surface area contributed by atoms with Crippen LogP contribution >= 0.6 is 11.3 Å². The molecule has 0 bridgehead atoms. The van der Waals surface area contributed by atoms with Crippen molar-refractivity contribution < 1.29 is 17.9 Å². The van der Waals surface area contributed by atoms with Crippen LogP contribution in [0.3, 0.4) is 0 Å². The zero-order valence-electron chi connectivity index (χ0n) is 14.3. The van der Waals surface area contributed by atoms with Gasteiger partial charge in [-0.15, -0.1) is 11.3 Å². The molecule has 1 heterocycles. The van der Waals surface area contributed by atoms with Crippen LogP contribution in [0.2, 0.25) is 0 Å². The molecule has 6 nitrogen and oxygen atoms in total. The predicted octanol–water partition coefficient (Wildman–Crippen LogP) is 2.90. The lowest BCUT2D eigenvalue weighted by Gasteiger charge is -2.08. The second-order valence-electron chi connectivity index (χ2n) is 5.75. The zero-order valence-corrected chi connectivity index (χ0v) is 15.9. The van der Waals surface area contributed by atoms with Crippen molar-refractivity contribution in [3.05, 3.63) is 82.7 Å². The Hall–Kier alpha value is -2.68. The first-order valence-corrected chi connectivity index (χ1v) is 10.4. The number of hydrogen-bond donors (Lipinski definition) is 2. The number of nitrogens with one attached hydrogen (secondary N) is 1. The fourth-order valence-electron chi connectivity index (χ4n) is 2.32. The minimum atomic E-state index is -3.71. The van der Waals surface area contributed by atoms with E-state index in [0.29, 0.717) is 22.8 Å². The van der Waals surface area contributed by atoms with Crippen LogP contribution in [0.1, 0.15) is 20.8 Å². The number of primary sulfonamides is 1. The standard InChI is InChI=1S/C19H18N2O4S2/c20-27(23,24)18-11-10-17(26-18)12-21-19(22)15-6-8-16(9-7-15)25-13-14-4-2-1-3-5-14/h1-11H,12-13H2,(H,21,22)(H2,20,23,24). The summed E-state index contributed by atoms with van der Waals surface area (Å²) in [5, 5.41) is 7.83. The number of carbonyl (C=O) groups excluding carboxylic acids is 1. The third-order valence-corrected chi connectivity index (χ3v) is 6.23. The summed E-state index contributed by atoms with van der Waals surface area (Å²) in [6.07, 6.45) is 0. The van der Waals surface area contributed by atoms with Gasteiger partial charge in [-0.1, -0.05) is 30.3 Å². The maximum Gasteiger partial charge on any atom is 0.251 e. The van der Waals surface area contributed by atoms with E-state index in [1.54, 1.807) is 30.3 Å². The molecule has 0 unspecified atom stereocenters. The molecule has 140 valence electrons. The molecule has 2 aromatic carbocycles. The lowest BCUT2D eigenvalue weighted by Crippen LogP contribution is -2.22. The fourth-order valence-corrected chi connectivity index (χ4v) is 4.04. The molecule has 0 aliphatic carbocycles. The number of thiophene rings is 1. The molecule has 0 atom stereocenters. The van der Waals surface area contributed by atoms with Gasteiger partial charge in [-0.3, -0.25) is 4.79 Å². The molecule has 0 spiro atoms. The Balaban J connectivity index is 1.53. The molecule has 0 fully saturated rings. The molecule has 1 aromatic heterocycles. The van der Waals surface area contributed by atoms with E-state index in [4.69, 9.17) is 9.88 Å². The lowest BCUT2D eigenvalue weighted by atomic mass is 10.2. The van der Waals surface area contributed by atoms with Gasteiger partial charge in [0, 0.05) is 10.4 Å². The number of benzene rings is 2. The largest absolute Gasteiger partial charge is 0.489 e. The van der Waals surface area contributed by atoms with Crippen LogP contribution in [0.25, 0.3) is 0 Å². The molecular weight excluding hydrogens is 384 g/mol. The number of nitrogens with two attached hydrogens (primary N) is 1. The van der Waals surface area contributed by atoms with Gasteiger partial charge in [0.05, 0.1) is 6.54 Å². The molecular formula is C19H18N2O4S2. The summed E-state index contributed by atoms with van der Waals surface area (Å²) >= 11 is 1.04. The van der Waals surface area contributed by atoms with Gasteiger partial charge < -0.3 is 10.1 Å². The van der Waals surface area contributed by atoms with Crippen LogP contribution in [0, 0.1) is 0 Å². The number of rotatable bonds is 7. The van der Waals surface area contributed by atoms with Gasteiger partial charge in [0.15, 0.2) is 0 Å². The average molecular weight is 402 g/mol. The highest BCUT2D eigenvalue weighted by Crippen LogP contribution is 2.20. The van der Waals surface area contributed by atoms with E-state index in [9.17, 15) is 13.2 Å². The minimum Gasteiger partial charge on any atom is -0.489 e. The van der Waals surface area contributed by atoms with Gasteiger partial charge in [-0.25, -0.2) is 13.6 Å². The summed E-state index contributed by atoms with van der Waals surface area (Å²) in [6, 6.07) is 19.7. The third kappa shape index (κ3) is 5.40. The van der Waals surface area contributed by atoms with Crippen molar-refractivity contribution in [1.29, 1.82) is 0 Å². The van der Waals surface area contributed by atoms with Crippen LogP contribution in [0.5, 0.6) is 5.75 Å². The third-order valence-electron chi connectivity index (χ3n) is 3.71. The topological polar surface area (TPSA) is 98.5 Å². The van der Waals surface area contributed by atoms with Gasteiger partial charge in [-0.05, 0) is 42.0 Å². The van der Waals surface area contributed by atoms with Crippen LogP contribution in [0.15, 0.2) is 70.9 Å². The number of amides is 1. The van der Waals surface area contributed by atoms with Gasteiger partial charge in [-0.2, -0.15) is 0 Å². The number of sulfonamides is 1. The zero-order chi connectivity index (χ0) is 19.3. The van der Waals surface area contributed by atoms with Crippen LogP contribution < -0.4 is 15.2 Å². The molecule has 3 N–H and O–H groups in total. The quantitative estimate of drug-likeness (QED) is 0.635. The van der Waals surface area contributed by atoms with Gasteiger partial charge in [0.2, 0.25) is 10.0 Å². The second kappa shape index (κ2) is 8.34. The Morgan fingerprint density at radius 3 is 2.33 bits per heavy atom. The van der Waals surface area contributed by atoms with E-state index in [-0.39, 0.29) is 16.7 Å². The van der Waals surface area contributed by atoms with Crippen molar-refractivity contribution in [3.63, 3.8) is 0 Å². The Labute approximate surface area is 161 Å². The Kier molecular flexibility index (Phi) is 5.90. The first kappa shape index (κ1) is 19.1. The van der Waals surface area contributed by atoms with Crippen LogP contribution in [-0.4, -0.2) is 14.3 Å². The molecule has 3 aromatic rings. The molecule has 8 heteroatoms. The maximum atomic E-state index is 12.2. The number of ether oxygens (including phenoxy) is 1. The van der Waals surface area contributed by atoms with Crippen molar-refractivity contribution in [2.75, 3.05) is 0 Å². The van der Waals surface area contributed by atoms with Gasteiger partial charge in [0.1, 0.15) is 16.6 Å². The summed E-state index contributed by atoms with van der Waals surface area (Å²) in [5.74, 6) is 0.418. The number of hydrogen-bond acceptors (Lipinski definition) is 5. The number of carbonyl (C=O) groups is 1. The monoisotopic (exact) mass is 402 g/mol. The molecule has 0 saturated carbocycles. The highest BCUT2D eigenvalue weighted by atomic mass is 32.2. The Bertz CT molecular complexity index is 1010. The smallest absolute Gasteiger partial charge is 0.251 e. The summed E-state index contributed by atoms with van der Waals surface area (Å²) in [5.41, 5.74) is 1.56. The van der Waals surface area contributed by atoms with E-state index >= 15 is 0 Å². The normalized spacial score (nSPS) is 11.1. The SMILES string of the molecule is NS(=O)(=O)c1ccc(CNC(=O)c2ccc(OCc3ccccc3)cc2)s1. The van der Waals surface area contributed by atoms with E-state index in [1.165, 1.54) is 6.07 Å². The van der Waals surface area contributed by atoms with E-state index in [2.05, 4.69) is 5.32 Å².